The largest absolute Gasteiger partial charge is 0.490 e. The van der Waals surface area contributed by atoms with E-state index in [4.69, 9.17) is 10.5 Å². The van der Waals surface area contributed by atoms with Crippen LogP contribution in [0.1, 0.15) is 34.0 Å². The summed E-state index contributed by atoms with van der Waals surface area (Å²) in [5, 5.41) is 9.93. The van der Waals surface area contributed by atoms with E-state index in [1.807, 2.05) is 0 Å². The Balaban J connectivity index is 1.78. The smallest absolute Gasteiger partial charge is 0.416 e. The van der Waals surface area contributed by atoms with Crippen molar-refractivity contribution in [2.75, 3.05) is 6.61 Å². The van der Waals surface area contributed by atoms with Gasteiger partial charge in [-0.25, -0.2) is 13.8 Å². The summed E-state index contributed by atoms with van der Waals surface area (Å²) in [6, 6.07) is 5.97. The summed E-state index contributed by atoms with van der Waals surface area (Å²) in [5.74, 6) is -6.77. The number of hydrogen-bond donors (Lipinski definition) is 2. The molecule has 1 aromatic heterocycles. The topological polar surface area (TPSA) is 103 Å². The average molecular weight is 565 g/mol. The van der Waals surface area contributed by atoms with Gasteiger partial charge in [0.2, 0.25) is 0 Å². The maximum absolute atomic E-state index is 14.3. The highest BCUT2D eigenvalue weighted by molar-refractivity contribution is 9.11. The zero-order valence-electron chi connectivity index (χ0n) is 16.8. The number of ether oxygens (including phenoxy) is 1. The molecule has 0 bridgehead atoms. The Hall–Kier alpha value is -3.06. The van der Waals surface area contributed by atoms with E-state index in [9.17, 15) is 36.6 Å². The second kappa shape index (κ2) is 10.1. The van der Waals surface area contributed by atoms with Crippen LogP contribution in [0.25, 0.3) is 10.6 Å². The Labute approximate surface area is 201 Å². The van der Waals surface area contributed by atoms with Gasteiger partial charge in [0.15, 0.2) is 11.6 Å². The molecule has 1 atom stereocenters. The molecular weight excluding hydrogens is 551 g/mol. The van der Waals surface area contributed by atoms with E-state index < -0.39 is 52.5 Å². The van der Waals surface area contributed by atoms with E-state index in [0.29, 0.717) is 14.4 Å². The van der Waals surface area contributed by atoms with Gasteiger partial charge in [-0.2, -0.15) is 13.2 Å². The van der Waals surface area contributed by atoms with E-state index in [1.165, 1.54) is 12.1 Å². The maximum Gasteiger partial charge on any atom is 0.416 e. The number of aromatic nitrogens is 1. The number of alkyl halides is 3. The van der Waals surface area contributed by atoms with Crippen LogP contribution in [-0.2, 0) is 11.0 Å². The first-order valence-electron chi connectivity index (χ1n) is 9.37. The fourth-order valence-corrected chi connectivity index (χ4v) is 4.67. The molecule has 180 valence electrons. The van der Waals surface area contributed by atoms with Gasteiger partial charge in [0.05, 0.1) is 21.7 Å². The monoisotopic (exact) mass is 564 g/mol. The molecule has 0 aliphatic heterocycles. The average Bonchev–Trinajstić information content (AvgIpc) is 3.12. The van der Waals surface area contributed by atoms with Crippen molar-refractivity contribution >= 4 is 39.1 Å². The molecule has 0 radical (unpaired) electrons. The molecule has 0 saturated carbocycles. The van der Waals surface area contributed by atoms with Crippen LogP contribution in [0.2, 0.25) is 0 Å². The fourth-order valence-electron chi connectivity index (χ4n) is 2.99. The van der Waals surface area contributed by atoms with Crippen LogP contribution >= 0.6 is 27.3 Å². The van der Waals surface area contributed by atoms with Crippen molar-refractivity contribution in [1.29, 1.82) is 0 Å². The molecule has 1 heterocycles. The third-order valence-corrected chi connectivity index (χ3v) is 6.46. The zero-order chi connectivity index (χ0) is 25.2. The number of primary amides is 1. The highest BCUT2D eigenvalue weighted by Crippen LogP contribution is 2.38. The first-order chi connectivity index (χ1) is 15.9. The van der Waals surface area contributed by atoms with E-state index in [1.54, 1.807) is 0 Å². The Morgan fingerprint density at radius 3 is 2.35 bits per heavy atom. The lowest BCUT2D eigenvalue weighted by atomic mass is 10.0. The highest BCUT2D eigenvalue weighted by atomic mass is 79.9. The normalized spacial score (nSPS) is 12.4. The minimum atomic E-state index is -4.50. The van der Waals surface area contributed by atoms with Crippen LogP contribution in [0.4, 0.5) is 22.0 Å². The summed E-state index contributed by atoms with van der Waals surface area (Å²) < 4.78 is 71.7. The van der Waals surface area contributed by atoms with E-state index in [-0.39, 0.29) is 18.7 Å². The number of aliphatic carboxylic acids is 1. The van der Waals surface area contributed by atoms with Gasteiger partial charge in [0.1, 0.15) is 22.3 Å². The van der Waals surface area contributed by atoms with Gasteiger partial charge >= 0.3 is 12.1 Å². The molecule has 3 aromatic rings. The molecule has 13 heteroatoms. The number of carboxylic acid groups (broad SMARTS) is 1. The molecule has 0 fully saturated rings. The van der Waals surface area contributed by atoms with E-state index in [2.05, 4.69) is 20.9 Å². The number of amides is 1. The summed E-state index contributed by atoms with van der Waals surface area (Å²) in [6.07, 6.45) is -4.68. The van der Waals surface area contributed by atoms with Gasteiger partial charge in [0.25, 0.3) is 5.91 Å². The predicted octanol–water partition coefficient (Wildman–Crippen LogP) is 5.61. The van der Waals surface area contributed by atoms with E-state index >= 15 is 0 Å². The number of hydrogen-bond acceptors (Lipinski definition) is 5. The van der Waals surface area contributed by atoms with Crippen molar-refractivity contribution in [3.05, 3.63) is 68.6 Å². The highest BCUT2D eigenvalue weighted by Gasteiger charge is 2.31. The minimum absolute atomic E-state index is 0.105. The number of rotatable bonds is 8. The van der Waals surface area contributed by atoms with E-state index in [0.717, 1.165) is 35.6 Å². The predicted molar refractivity (Wildman–Crippen MR) is 116 cm³/mol. The number of carbonyl (C=O) groups excluding carboxylic acids is 1. The van der Waals surface area contributed by atoms with Crippen molar-refractivity contribution < 1.29 is 41.4 Å². The third kappa shape index (κ3) is 5.53. The number of nitrogens with two attached hydrogens (primary N) is 1. The number of benzene rings is 2. The lowest BCUT2D eigenvalue weighted by molar-refractivity contribution is -0.139. The first kappa shape index (κ1) is 25.6. The Bertz CT molecular complexity index is 1230. The second-order valence-electron chi connectivity index (χ2n) is 6.88. The molecule has 6 nitrogen and oxygen atoms in total. The minimum Gasteiger partial charge on any atom is -0.490 e. The van der Waals surface area contributed by atoms with Gasteiger partial charge < -0.3 is 15.6 Å². The van der Waals surface area contributed by atoms with Crippen LogP contribution < -0.4 is 10.5 Å². The number of halogens is 6. The van der Waals surface area contributed by atoms with Gasteiger partial charge in [-0.15, -0.1) is 11.3 Å². The molecule has 34 heavy (non-hydrogen) atoms. The van der Waals surface area contributed by atoms with Crippen molar-refractivity contribution in [3.63, 3.8) is 0 Å². The first-order valence-corrected chi connectivity index (χ1v) is 11.0. The summed E-state index contributed by atoms with van der Waals surface area (Å²) in [7, 11) is 0. The van der Waals surface area contributed by atoms with Gasteiger partial charge in [-0.05, 0) is 40.2 Å². The van der Waals surface area contributed by atoms with Crippen molar-refractivity contribution in [2.24, 2.45) is 5.73 Å². The molecule has 1 unspecified atom stereocenters. The molecule has 3 rings (SSSR count). The van der Waals surface area contributed by atoms with Gasteiger partial charge in [0, 0.05) is 12.0 Å². The van der Waals surface area contributed by atoms with Crippen LogP contribution in [0, 0.1) is 11.6 Å². The molecule has 1 amide bonds. The number of carboxylic acids is 1. The Morgan fingerprint density at radius 1 is 1.15 bits per heavy atom. The molecule has 0 aliphatic rings. The van der Waals surface area contributed by atoms with Crippen LogP contribution in [0.5, 0.6) is 5.75 Å². The number of thiazole rings is 1. The molecular formula is C21H14BrF5N2O4S. The van der Waals surface area contributed by atoms with Crippen molar-refractivity contribution in [1.82, 2.24) is 4.98 Å². The number of carbonyl (C=O) groups is 2. The molecule has 0 saturated heterocycles. The fraction of sp³-hybridized carbons (Fsp3) is 0.190. The SMILES string of the molecule is NC(=O)c1c(F)ccc(OCCC(C(=O)O)c2nc(-c3ccc(C(F)(F)F)cc3)sc2Br)c1F. The Kier molecular flexibility index (Phi) is 7.56. The second-order valence-corrected chi connectivity index (χ2v) is 9.20. The van der Waals surface area contributed by atoms with Crippen molar-refractivity contribution in [3.8, 4) is 16.3 Å². The molecule has 0 spiro atoms. The summed E-state index contributed by atoms with van der Waals surface area (Å²) in [5.41, 5.74) is 3.61. The molecule has 3 N–H and O–H groups in total. The quantitative estimate of drug-likeness (QED) is 0.346. The Morgan fingerprint density at radius 2 is 1.79 bits per heavy atom. The summed E-state index contributed by atoms with van der Waals surface area (Å²) >= 11 is 4.26. The van der Waals surface area contributed by atoms with Crippen LogP contribution in [-0.4, -0.2) is 28.6 Å². The summed E-state index contributed by atoms with van der Waals surface area (Å²) in [4.78, 5) is 27.3. The van der Waals surface area contributed by atoms with Crippen LogP contribution in [0.3, 0.4) is 0 Å². The van der Waals surface area contributed by atoms with Crippen LogP contribution in [0.15, 0.2) is 40.2 Å². The third-order valence-electron chi connectivity index (χ3n) is 4.66. The lowest BCUT2D eigenvalue weighted by Crippen LogP contribution is -2.18. The molecule has 2 aromatic carbocycles. The standard InChI is InChI=1S/C21H14BrF5N2O4S/c22-17-16(29-19(34-17)9-1-3-10(4-2-9)21(25,26)27)11(20(31)32)7-8-33-13-6-5-12(23)14(15(13)24)18(28)30/h1-6,11H,7-8H2,(H2,28,30)(H,31,32). The molecule has 0 aliphatic carbocycles. The van der Waals surface area contributed by atoms with Gasteiger partial charge in [-0.3, -0.25) is 9.59 Å². The lowest BCUT2D eigenvalue weighted by Gasteiger charge is -2.13. The summed E-state index contributed by atoms with van der Waals surface area (Å²) in [6.45, 7) is -0.336. The van der Waals surface area contributed by atoms with Crippen molar-refractivity contribution in [2.45, 2.75) is 18.5 Å². The zero-order valence-corrected chi connectivity index (χ0v) is 19.2. The number of nitrogens with zero attached hydrogens (tertiary/aromatic N) is 1. The van der Waals surface area contributed by atoms with Gasteiger partial charge in [-0.1, -0.05) is 12.1 Å². The maximum atomic E-state index is 14.3.